The van der Waals surface area contributed by atoms with E-state index < -0.39 is 14.0 Å². The summed E-state index contributed by atoms with van der Waals surface area (Å²) >= 11 is 0. The van der Waals surface area contributed by atoms with Gasteiger partial charge in [0.1, 0.15) is 15.1 Å². The second-order valence-electron chi connectivity index (χ2n) is 4.74. The van der Waals surface area contributed by atoms with E-state index in [0.717, 1.165) is 38.5 Å². The van der Waals surface area contributed by atoms with Crippen LogP contribution in [0.1, 0.15) is 59.3 Å². The Morgan fingerprint density at radius 3 is 1.74 bits per heavy atom. The molecule has 0 amide bonds. The molecule has 0 aromatic heterocycles. The van der Waals surface area contributed by atoms with Crippen LogP contribution in [0.5, 0.6) is 0 Å². The van der Waals surface area contributed by atoms with E-state index in [9.17, 15) is 4.57 Å². The summed E-state index contributed by atoms with van der Waals surface area (Å²) in [5, 5.41) is 0. The first kappa shape index (κ1) is 19.1. The minimum Gasteiger partial charge on any atom is -0.375 e. The van der Waals surface area contributed by atoms with Crippen LogP contribution in [-0.2, 0) is 18.8 Å². The Balaban J connectivity index is 4.24. The van der Waals surface area contributed by atoms with E-state index >= 15 is 0 Å². The normalized spacial score (nSPS) is 12.6. The molecule has 0 saturated heterocycles. The van der Waals surface area contributed by atoms with E-state index in [1.807, 2.05) is 0 Å². The van der Waals surface area contributed by atoms with Crippen LogP contribution < -0.4 is 0 Å². The highest BCUT2D eigenvalue weighted by Crippen LogP contribution is 2.28. The van der Waals surface area contributed by atoms with Crippen molar-refractivity contribution in [1.82, 2.24) is 0 Å². The van der Waals surface area contributed by atoms with E-state index in [4.69, 9.17) is 14.2 Å². The lowest BCUT2D eigenvalue weighted by atomic mass is 10.3. The average molecular weight is 294 g/mol. The Morgan fingerprint density at radius 2 is 1.32 bits per heavy atom. The highest BCUT2D eigenvalue weighted by Gasteiger charge is 2.31. The van der Waals surface area contributed by atoms with Gasteiger partial charge in [-0.25, -0.2) is 0 Å². The van der Waals surface area contributed by atoms with Crippen LogP contribution >= 0.6 is 8.46 Å². The van der Waals surface area contributed by atoms with Crippen LogP contribution in [0.2, 0.25) is 0 Å². The van der Waals surface area contributed by atoms with Gasteiger partial charge in [-0.1, -0.05) is 40.0 Å². The van der Waals surface area contributed by atoms with Crippen LogP contribution in [0.15, 0.2) is 0 Å². The molecular formula is C14H31O4P. The van der Waals surface area contributed by atoms with Crippen molar-refractivity contribution in [3.63, 3.8) is 0 Å². The molecule has 0 spiro atoms. The lowest BCUT2D eigenvalue weighted by Crippen LogP contribution is -2.36. The number of rotatable bonds is 14. The standard InChI is InChI=1S/C14H31O4P/c1-4-7-10-16-13-14(19-15,17-11-8-5-2)18-12-9-6-3/h4-13,19H2,1-3H3. The minimum absolute atomic E-state index is 0.277. The quantitative estimate of drug-likeness (QED) is 0.277. The summed E-state index contributed by atoms with van der Waals surface area (Å²) in [5.41, 5.74) is -1.00. The van der Waals surface area contributed by atoms with Crippen LogP contribution in [0, 0.1) is 0 Å². The summed E-state index contributed by atoms with van der Waals surface area (Å²) in [4.78, 5) is 0. The van der Waals surface area contributed by atoms with Gasteiger partial charge in [0.25, 0.3) is 0 Å². The molecule has 0 aromatic rings. The monoisotopic (exact) mass is 294 g/mol. The summed E-state index contributed by atoms with van der Waals surface area (Å²) in [6.07, 6.45) is 6.10. The van der Waals surface area contributed by atoms with Gasteiger partial charge in [-0.15, -0.1) is 0 Å². The second-order valence-corrected chi connectivity index (χ2v) is 5.86. The zero-order valence-electron chi connectivity index (χ0n) is 12.8. The fraction of sp³-hybridized carbons (Fsp3) is 1.00. The molecule has 4 nitrogen and oxygen atoms in total. The van der Waals surface area contributed by atoms with Gasteiger partial charge in [0, 0.05) is 6.61 Å². The molecule has 0 radical (unpaired) electrons. The maximum Gasteiger partial charge on any atom is 0.240 e. The highest BCUT2D eigenvalue weighted by molar-refractivity contribution is 7.25. The van der Waals surface area contributed by atoms with Crippen molar-refractivity contribution in [3.8, 4) is 0 Å². The van der Waals surface area contributed by atoms with E-state index in [1.165, 1.54) is 0 Å². The van der Waals surface area contributed by atoms with E-state index in [2.05, 4.69) is 20.8 Å². The van der Waals surface area contributed by atoms with Gasteiger partial charge in [-0.3, -0.25) is 0 Å². The second kappa shape index (κ2) is 13.1. The van der Waals surface area contributed by atoms with Gasteiger partial charge < -0.3 is 18.8 Å². The van der Waals surface area contributed by atoms with Gasteiger partial charge in [-0.05, 0) is 19.3 Å². The van der Waals surface area contributed by atoms with E-state index in [0.29, 0.717) is 19.8 Å². The Bertz CT molecular complexity index is 202. The van der Waals surface area contributed by atoms with Crippen molar-refractivity contribution in [2.24, 2.45) is 0 Å². The molecule has 116 valence electrons. The molecule has 0 aromatic carbocycles. The maximum absolute atomic E-state index is 11.6. The fourth-order valence-corrected chi connectivity index (χ4v) is 2.02. The molecule has 5 heteroatoms. The molecule has 0 fully saturated rings. The molecule has 0 heterocycles. The van der Waals surface area contributed by atoms with Gasteiger partial charge in [0.15, 0.2) is 0 Å². The fourth-order valence-electron chi connectivity index (χ4n) is 1.47. The van der Waals surface area contributed by atoms with Crippen LogP contribution in [0.25, 0.3) is 0 Å². The average Bonchev–Trinajstić information content (AvgIpc) is 2.43. The zero-order valence-corrected chi connectivity index (χ0v) is 13.9. The van der Waals surface area contributed by atoms with Crippen molar-refractivity contribution in [3.05, 3.63) is 0 Å². The topological polar surface area (TPSA) is 44.8 Å². The third kappa shape index (κ3) is 9.61. The number of unbranched alkanes of at least 4 members (excludes halogenated alkanes) is 3. The molecular weight excluding hydrogens is 263 g/mol. The highest BCUT2D eigenvalue weighted by atomic mass is 31.1. The van der Waals surface area contributed by atoms with E-state index in [-0.39, 0.29) is 6.61 Å². The van der Waals surface area contributed by atoms with Crippen molar-refractivity contribution in [2.45, 2.75) is 64.8 Å². The molecule has 19 heavy (non-hydrogen) atoms. The zero-order chi connectivity index (χ0) is 14.4. The Kier molecular flexibility index (Phi) is 13.2. The minimum atomic E-state index is -1.18. The third-order valence-corrected chi connectivity index (χ3v) is 3.67. The predicted octanol–water partition coefficient (Wildman–Crippen LogP) is 3.85. The van der Waals surface area contributed by atoms with Crippen molar-refractivity contribution >= 4 is 8.46 Å². The largest absolute Gasteiger partial charge is 0.375 e. The third-order valence-electron chi connectivity index (χ3n) is 2.81. The molecule has 0 bridgehead atoms. The molecule has 0 rings (SSSR count). The van der Waals surface area contributed by atoms with Crippen molar-refractivity contribution in [1.29, 1.82) is 0 Å². The Hall–Kier alpha value is 0.110. The summed E-state index contributed by atoms with van der Waals surface area (Å²) < 4.78 is 28.6. The van der Waals surface area contributed by atoms with Gasteiger partial charge in [0.05, 0.1) is 13.2 Å². The molecule has 1 unspecified atom stereocenters. The van der Waals surface area contributed by atoms with Gasteiger partial charge in [-0.2, -0.15) is 0 Å². The number of ether oxygens (including phenoxy) is 3. The summed E-state index contributed by atoms with van der Waals surface area (Å²) in [6.45, 7) is 8.43. The SMILES string of the molecule is CCCCOCC(OCCCC)(OCCCC)[PH2]=O. The van der Waals surface area contributed by atoms with Crippen LogP contribution in [0.3, 0.4) is 0 Å². The van der Waals surface area contributed by atoms with Crippen LogP contribution in [0.4, 0.5) is 0 Å². The maximum atomic E-state index is 11.6. The Morgan fingerprint density at radius 1 is 0.842 bits per heavy atom. The molecule has 0 saturated carbocycles. The predicted molar refractivity (Wildman–Crippen MR) is 80.6 cm³/mol. The van der Waals surface area contributed by atoms with Gasteiger partial charge >= 0.3 is 0 Å². The molecule has 0 aliphatic heterocycles. The molecule has 0 aliphatic carbocycles. The summed E-state index contributed by atoms with van der Waals surface area (Å²) in [6, 6.07) is 0. The van der Waals surface area contributed by atoms with E-state index in [1.54, 1.807) is 0 Å². The molecule has 0 N–H and O–H groups in total. The first-order valence-electron chi connectivity index (χ1n) is 7.56. The number of hydrogen-bond acceptors (Lipinski definition) is 4. The lowest BCUT2D eigenvalue weighted by molar-refractivity contribution is -0.204. The molecule has 1 atom stereocenters. The van der Waals surface area contributed by atoms with Crippen molar-refractivity contribution in [2.75, 3.05) is 26.4 Å². The summed E-state index contributed by atoms with van der Waals surface area (Å²) in [5.74, 6) is 0. The Labute approximate surface area is 119 Å². The smallest absolute Gasteiger partial charge is 0.240 e. The summed E-state index contributed by atoms with van der Waals surface area (Å²) in [7, 11) is -1.18. The number of hydrogen-bond donors (Lipinski definition) is 0. The first-order chi connectivity index (χ1) is 9.24. The first-order valence-corrected chi connectivity index (χ1v) is 8.61. The molecule has 0 aliphatic rings. The van der Waals surface area contributed by atoms with Crippen molar-refractivity contribution < 1.29 is 18.8 Å². The lowest BCUT2D eigenvalue weighted by Gasteiger charge is -2.29. The van der Waals surface area contributed by atoms with Gasteiger partial charge in [0.2, 0.25) is 5.53 Å². The van der Waals surface area contributed by atoms with Crippen LogP contribution in [-0.4, -0.2) is 32.0 Å².